The first-order chi connectivity index (χ1) is 42.0. The van der Waals surface area contributed by atoms with Gasteiger partial charge >= 0.3 is 35.8 Å². The lowest BCUT2D eigenvalue weighted by Gasteiger charge is -2.29. The van der Waals surface area contributed by atoms with Crippen molar-refractivity contribution in [1.29, 1.82) is 0 Å². The summed E-state index contributed by atoms with van der Waals surface area (Å²) in [4.78, 5) is 68.7. The molecule has 0 radical (unpaired) electrons. The van der Waals surface area contributed by atoms with Gasteiger partial charge in [-0.3, -0.25) is 0 Å². The molecule has 0 spiro atoms. The highest BCUT2D eigenvalue weighted by Crippen LogP contribution is 2.43. The van der Waals surface area contributed by atoms with Gasteiger partial charge in [-0.25, -0.2) is 33.2 Å². The Morgan fingerprint density at radius 3 is 1.24 bits per heavy atom. The molecule has 0 saturated heterocycles. The number of halogens is 1. The molecule has 8 rings (SSSR count). The molecule has 90 heavy (non-hydrogen) atoms. The molecule has 2 fully saturated rings. The van der Waals surface area contributed by atoms with E-state index in [-0.39, 0.29) is 35.7 Å². The Morgan fingerprint density at radius 1 is 0.456 bits per heavy atom. The smallest absolute Gasteiger partial charge is 0.333 e. The molecule has 4 aromatic rings. The molecular formula is C77H97FO12. The summed E-state index contributed by atoms with van der Waals surface area (Å²) in [6.45, 7) is 46.2. The molecule has 4 aliphatic rings. The van der Waals surface area contributed by atoms with Crippen LogP contribution in [0.25, 0.3) is 0 Å². The van der Waals surface area contributed by atoms with Crippen molar-refractivity contribution in [3.05, 3.63) is 241 Å². The van der Waals surface area contributed by atoms with Crippen molar-refractivity contribution in [3.8, 4) is 0 Å². The van der Waals surface area contributed by atoms with E-state index in [0.29, 0.717) is 33.4 Å². The summed E-state index contributed by atoms with van der Waals surface area (Å²) in [5.41, 5.74) is 4.92. The van der Waals surface area contributed by atoms with Crippen LogP contribution in [-0.4, -0.2) is 52.6 Å². The average molecular weight is 1230 g/mol. The Morgan fingerprint density at radius 2 is 0.833 bits per heavy atom. The number of benzene rings is 4. The van der Waals surface area contributed by atoms with E-state index in [1.165, 1.54) is 23.3 Å². The lowest BCUT2D eigenvalue weighted by Crippen LogP contribution is -2.32. The highest BCUT2D eigenvalue weighted by Gasteiger charge is 2.40. The Balaban J connectivity index is 0.000000283. The van der Waals surface area contributed by atoms with Crippen LogP contribution in [0.5, 0.6) is 0 Å². The summed E-state index contributed by atoms with van der Waals surface area (Å²) in [5, 5.41) is 0. The van der Waals surface area contributed by atoms with Crippen molar-refractivity contribution >= 4 is 35.8 Å². The second kappa shape index (κ2) is 34.5. The Kier molecular flexibility index (Phi) is 29.1. The minimum Gasteiger partial charge on any atom is -0.455 e. The monoisotopic (exact) mass is 1230 g/mol. The van der Waals surface area contributed by atoms with Gasteiger partial charge < -0.3 is 28.4 Å². The minimum atomic E-state index is -0.788. The fourth-order valence-corrected chi connectivity index (χ4v) is 9.97. The first-order valence-electron chi connectivity index (χ1n) is 30.6. The molecule has 484 valence electrons. The maximum Gasteiger partial charge on any atom is 0.333 e. The maximum absolute atomic E-state index is 12.7. The number of hydrogen-bond acceptors (Lipinski definition) is 12. The summed E-state index contributed by atoms with van der Waals surface area (Å²) in [5.74, 6) is -2.30. The minimum absolute atomic E-state index is 0.282. The van der Waals surface area contributed by atoms with Crippen molar-refractivity contribution < 1.29 is 61.6 Å². The van der Waals surface area contributed by atoms with E-state index < -0.39 is 39.6 Å². The van der Waals surface area contributed by atoms with Gasteiger partial charge in [0.05, 0.1) is 0 Å². The number of esters is 6. The van der Waals surface area contributed by atoms with Gasteiger partial charge in [0, 0.05) is 46.3 Å². The van der Waals surface area contributed by atoms with Crippen LogP contribution in [0.4, 0.5) is 4.39 Å². The second-order valence-electron chi connectivity index (χ2n) is 25.1. The van der Waals surface area contributed by atoms with Gasteiger partial charge in [-0.15, -0.1) is 0 Å². The molecule has 0 aromatic heterocycles. The molecule has 4 aliphatic carbocycles. The molecule has 12 nitrogen and oxygen atoms in total. The Bertz CT molecular complexity index is 3200. The highest BCUT2D eigenvalue weighted by atomic mass is 19.1. The van der Waals surface area contributed by atoms with Crippen molar-refractivity contribution in [2.24, 2.45) is 0 Å². The number of carbonyl (C=O) groups excluding carboxylic acids is 6. The first kappa shape index (κ1) is 75.8. The molecule has 0 heterocycles. The van der Waals surface area contributed by atoms with Crippen LogP contribution in [0.2, 0.25) is 0 Å². The molecule has 0 amide bonds. The number of fused-ring (bicyclic) bond motifs is 1. The molecular weight excluding hydrogens is 1140 g/mol. The SMILES string of the molecule is C=C(C)C(=O)OC(C)(C)c1ccc(F)cc1.C=C(C)C(=O)OC(C)(C)c1ccccc1.C=C(C)C(=O)OC1(C)C=CCCC1.C=C(C)C(=O)OC1(C)Cc2ccccc2C1.C=C(C)C(=O)OC1(c2ccccc2)CCCC1.C=CC1(OC(=O)C(=C)C)CCCC1. The summed E-state index contributed by atoms with van der Waals surface area (Å²) in [7, 11) is 0. The number of ether oxygens (including phenoxy) is 6. The van der Waals surface area contributed by atoms with Crippen molar-refractivity contribution in [2.75, 3.05) is 0 Å². The van der Waals surface area contributed by atoms with Crippen LogP contribution >= 0.6 is 0 Å². The van der Waals surface area contributed by atoms with Crippen LogP contribution in [0.15, 0.2) is 207 Å². The number of rotatable bonds is 16. The Labute approximate surface area is 535 Å². The van der Waals surface area contributed by atoms with E-state index in [9.17, 15) is 33.2 Å². The molecule has 0 bridgehead atoms. The van der Waals surface area contributed by atoms with Gasteiger partial charge in [0.25, 0.3) is 0 Å². The van der Waals surface area contributed by atoms with E-state index in [0.717, 1.165) is 100 Å². The average Bonchev–Trinajstić information content (AvgIpc) is 1.67. The first-order valence-corrected chi connectivity index (χ1v) is 30.6. The Hall–Kier alpha value is -8.45. The molecule has 13 heteroatoms. The molecule has 4 aromatic carbocycles. The van der Waals surface area contributed by atoms with Gasteiger partial charge in [-0.05, 0) is 206 Å². The van der Waals surface area contributed by atoms with Gasteiger partial charge in [0.2, 0.25) is 0 Å². The predicted octanol–water partition coefficient (Wildman–Crippen LogP) is 17.7. The molecule has 2 saturated carbocycles. The summed E-state index contributed by atoms with van der Waals surface area (Å²) < 4.78 is 45.2. The predicted molar refractivity (Wildman–Crippen MR) is 356 cm³/mol. The fraction of sp³-hybridized carbons (Fsp3) is 0.403. The molecule has 1 unspecified atom stereocenters. The summed E-state index contributed by atoms with van der Waals surface area (Å²) in [6.07, 6.45) is 18.5. The standard InChI is InChI=1S/C15H18O2.C14H16O2.C13H15FO2.C13H16O2.2C11H16O2/c1-12(2)14(16)17-15(10-6-7-11-15)13-8-4-3-5-9-13;1-10(2)13(15)16-14(3)8-11-6-4-5-7-12(11)9-14;1-9(2)12(15)16-13(3,4)10-5-7-11(14)8-6-10;1-10(2)12(14)15-13(3,4)11-8-6-5-7-9-11;1-9(2)10(12)13-11(3)7-5-4-6-8-11;1-4-11(7-5-6-8-11)13-10(12)9(2)3/h3-5,8-9H,1,6-7,10-11H2,2H3;4-7H,1,8-9H2,2-3H3;5-8H,1H2,2-4H3;5-9H,1H2,2-4H3;5,7H,1,4,6,8H2,2-3H3;4H,1-2,5-8H2,3H3. The van der Waals surface area contributed by atoms with E-state index in [1.54, 1.807) is 73.6 Å². The third kappa shape index (κ3) is 24.5. The number of carbonyl (C=O) groups is 6. The molecule has 0 aliphatic heterocycles. The van der Waals surface area contributed by atoms with Crippen molar-refractivity contribution in [1.82, 2.24) is 0 Å². The summed E-state index contributed by atoms with van der Waals surface area (Å²) >= 11 is 0. The van der Waals surface area contributed by atoms with Gasteiger partial charge in [0.1, 0.15) is 39.4 Å². The normalized spacial score (nSPS) is 16.8. The van der Waals surface area contributed by atoms with E-state index >= 15 is 0 Å². The van der Waals surface area contributed by atoms with Crippen LogP contribution < -0.4 is 0 Å². The van der Waals surface area contributed by atoms with Gasteiger partial charge in [-0.1, -0.05) is 149 Å². The fourth-order valence-electron chi connectivity index (χ4n) is 9.97. The zero-order valence-electron chi connectivity index (χ0n) is 55.5. The maximum atomic E-state index is 12.7. The largest absolute Gasteiger partial charge is 0.455 e. The topological polar surface area (TPSA) is 158 Å². The lowest BCUT2D eigenvalue weighted by molar-refractivity contribution is -0.156. The van der Waals surface area contributed by atoms with E-state index in [2.05, 4.69) is 64.3 Å². The van der Waals surface area contributed by atoms with Crippen molar-refractivity contribution in [2.45, 2.75) is 200 Å². The van der Waals surface area contributed by atoms with E-state index in [4.69, 9.17) is 28.4 Å². The quantitative estimate of drug-likeness (QED) is 0.0453. The number of allylic oxidation sites excluding steroid dienone is 1. The van der Waals surface area contributed by atoms with Crippen molar-refractivity contribution in [3.63, 3.8) is 0 Å². The summed E-state index contributed by atoms with van der Waals surface area (Å²) in [6, 6.07) is 33.8. The highest BCUT2D eigenvalue weighted by molar-refractivity contribution is 5.89. The van der Waals surface area contributed by atoms with E-state index in [1.807, 2.05) is 107 Å². The van der Waals surface area contributed by atoms with Crippen LogP contribution in [0, 0.1) is 5.82 Å². The molecule has 0 N–H and O–H groups in total. The van der Waals surface area contributed by atoms with Crippen LogP contribution in [0.3, 0.4) is 0 Å². The van der Waals surface area contributed by atoms with Crippen LogP contribution in [0.1, 0.15) is 182 Å². The van der Waals surface area contributed by atoms with Gasteiger partial charge in [0.15, 0.2) is 0 Å². The zero-order valence-corrected chi connectivity index (χ0v) is 55.5. The lowest BCUT2D eigenvalue weighted by atomic mass is 9.92. The second-order valence-corrected chi connectivity index (χ2v) is 25.1. The van der Waals surface area contributed by atoms with Gasteiger partial charge in [-0.2, -0.15) is 0 Å². The third-order valence-electron chi connectivity index (χ3n) is 15.3. The number of hydrogen-bond donors (Lipinski definition) is 0. The third-order valence-corrected chi connectivity index (χ3v) is 15.3. The zero-order chi connectivity index (χ0) is 67.7. The van der Waals surface area contributed by atoms with Crippen LogP contribution in [-0.2, 0) is 86.8 Å². The molecule has 1 atom stereocenters.